The molecule has 0 radical (unpaired) electrons. The van der Waals surface area contributed by atoms with Crippen molar-refractivity contribution in [3.63, 3.8) is 0 Å². The molecule has 1 aromatic carbocycles. The van der Waals surface area contributed by atoms with Gasteiger partial charge in [-0.2, -0.15) is 0 Å². The lowest BCUT2D eigenvalue weighted by atomic mass is 10.1. The summed E-state index contributed by atoms with van der Waals surface area (Å²) in [5.74, 6) is 0.805. The number of nitrogens with zero attached hydrogens (tertiary/aromatic N) is 3. The summed E-state index contributed by atoms with van der Waals surface area (Å²) in [6.07, 6.45) is 6.76. The smallest absolute Gasteiger partial charge is 0.145 e. The number of aliphatic hydroxyl groups excluding tert-OH is 2. The Morgan fingerprint density at radius 3 is 2.89 bits per heavy atom. The highest BCUT2D eigenvalue weighted by Gasteiger charge is 2.34. The minimum atomic E-state index is -0.452. The zero-order valence-corrected chi connectivity index (χ0v) is 15.1. The Bertz CT molecular complexity index is 970. The van der Waals surface area contributed by atoms with Crippen LogP contribution in [0.2, 0.25) is 0 Å². The van der Waals surface area contributed by atoms with Gasteiger partial charge in [0, 0.05) is 24.8 Å². The van der Waals surface area contributed by atoms with Crippen LogP contribution in [-0.4, -0.2) is 37.5 Å². The van der Waals surface area contributed by atoms with Crippen molar-refractivity contribution < 1.29 is 10.2 Å². The van der Waals surface area contributed by atoms with Crippen LogP contribution in [0.3, 0.4) is 0 Å². The van der Waals surface area contributed by atoms with E-state index in [4.69, 9.17) is 0 Å². The van der Waals surface area contributed by atoms with Crippen molar-refractivity contribution in [3.8, 4) is 0 Å². The number of aliphatic hydroxyl groups is 2. The largest absolute Gasteiger partial charge is 0.396 e. The molecule has 3 aromatic rings. The Morgan fingerprint density at radius 1 is 1.15 bits per heavy atom. The van der Waals surface area contributed by atoms with Gasteiger partial charge in [0.2, 0.25) is 0 Å². The Balaban J connectivity index is 1.45. The fourth-order valence-corrected chi connectivity index (χ4v) is 4.75. The lowest BCUT2D eigenvalue weighted by Crippen LogP contribution is -2.16. The van der Waals surface area contributed by atoms with Gasteiger partial charge in [-0.05, 0) is 42.9 Å². The molecule has 6 nitrogen and oxygen atoms in total. The highest BCUT2D eigenvalue weighted by Crippen LogP contribution is 2.38. The summed E-state index contributed by atoms with van der Waals surface area (Å²) in [5, 5.41) is 24.2. The van der Waals surface area contributed by atoms with E-state index in [0.29, 0.717) is 6.42 Å². The monoisotopic (exact) mass is 364 g/mol. The first kappa shape index (κ1) is 16.7. The summed E-state index contributed by atoms with van der Waals surface area (Å²) >= 11 is 0. The third-order valence-electron chi connectivity index (χ3n) is 6.21. The number of nitrogens with one attached hydrogen (secondary N) is 1. The minimum Gasteiger partial charge on any atom is -0.396 e. The van der Waals surface area contributed by atoms with Crippen LogP contribution in [0.1, 0.15) is 42.5 Å². The van der Waals surface area contributed by atoms with Crippen molar-refractivity contribution >= 4 is 16.9 Å². The minimum absolute atomic E-state index is 0.0275. The summed E-state index contributed by atoms with van der Waals surface area (Å²) in [7, 11) is 0. The van der Waals surface area contributed by atoms with E-state index in [-0.39, 0.29) is 24.6 Å². The van der Waals surface area contributed by atoms with Crippen LogP contribution >= 0.6 is 0 Å². The average molecular weight is 364 g/mol. The van der Waals surface area contributed by atoms with Crippen molar-refractivity contribution in [2.24, 2.45) is 5.92 Å². The molecule has 27 heavy (non-hydrogen) atoms. The first-order valence-electron chi connectivity index (χ1n) is 9.69. The molecule has 2 heterocycles. The molecule has 2 aliphatic carbocycles. The molecule has 1 fully saturated rings. The average Bonchev–Trinajstić information content (AvgIpc) is 3.39. The number of benzene rings is 1. The van der Waals surface area contributed by atoms with Gasteiger partial charge in [-0.1, -0.05) is 24.3 Å². The fourth-order valence-electron chi connectivity index (χ4n) is 4.75. The number of aryl methyl sites for hydroxylation is 1. The van der Waals surface area contributed by atoms with E-state index < -0.39 is 6.10 Å². The molecule has 2 aliphatic rings. The number of hydrogen-bond donors (Lipinski definition) is 3. The maximum Gasteiger partial charge on any atom is 0.145 e. The lowest BCUT2D eigenvalue weighted by Gasteiger charge is -2.16. The van der Waals surface area contributed by atoms with E-state index in [1.54, 1.807) is 6.33 Å². The van der Waals surface area contributed by atoms with E-state index in [1.165, 1.54) is 11.1 Å². The number of anilines is 1. The molecule has 0 aliphatic heterocycles. The zero-order chi connectivity index (χ0) is 18.4. The van der Waals surface area contributed by atoms with E-state index in [2.05, 4.69) is 50.2 Å². The molecule has 1 saturated carbocycles. The second-order valence-corrected chi connectivity index (χ2v) is 7.75. The molecule has 2 aromatic heterocycles. The quantitative estimate of drug-likeness (QED) is 0.663. The number of aromatic nitrogens is 3. The van der Waals surface area contributed by atoms with Gasteiger partial charge < -0.3 is 20.1 Å². The molecule has 0 bridgehead atoms. The van der Waals surface area contributed by atoms with Gasteiger partial charge in [0.1, 0.15) is 17.8 Å². The van der Waals surface area contributed by atoms with Gasteiger partial charge >= 0.3 is 0 Å². The van der Waals surface area contributed by atoms with Crippen molar-refractivity contribution in [2.45, 2.75) is 43.9 Å². The van der Waals surface area contributed by atoms with Gasteiger partial charge in [-0.15, -0.1) is 0 Å². The first-order valence-corrected chi connectivity index (χ1v) is 9.69. The van der Waals surface area contributed by atoms with E-state index >= 15 is 0 Å². The second-order valence-electron chi connectivity index (χ2n) is 7.75. The molecular weight excluding hydrogens is 340 g/mol. The molecule has 4 atom stereocenters. The SMILES string of the molecule is OC[C@H]1C[C@@H](n2ccc3c(N[C@H]4CCc5ccccc54)ncnc32)CC1O. The van der Waals surface area contributed by atoms with E-state index in [9.17, 15) is 10.2 Å². The number of rotatable bonds is 4. The van der Waals surface area contributed by atoms with Crippen LogP contribution in [0, 0.1) is 5.92 Å². The maximum absolute atomic E-state index is 10.1. The third-order valence-corrected chi connectivity index (χ3v) is 6.21. The van der Waals surface area contributed by atoms with Crippen molar-refractivity contribution in [1.82, 2.24) is 14.5 Å². The lowest BCUT2D eigenvalue weighted by molar-refractivity contribution is 0.0906. The normalized spacial score (nSPS) is 27.2. The highest BCUT2D eigenvalue weighted by molar-refractivity contribution is 5.87. The molecule has 5 rings (SSSR count). The zero-order valence-electron chi connectivity index (χ0n) is 15.1. The van der Waals surface area contributed by atoms with Crippen molar-refractivity contribution in [2.75, 3.05) is 11.9 Å². The molecular formula is C21H24N4O2. The van der Waals surface area contributed by atoms with Gasteiger partial charge in [0.25, 0.3) is 0 Å². The van der Waals surface area contributed by atoms with Crippen molar-refractivity contribution in [3.05, 3.63) is 54.0 Å². The van der Waals surface area contributed by atoms with Crippen LogP contribution in [0.5, 0.6) is 0 Å². The van der Waals surface area contributed by atoms with Gasteiger partial charge in [0.05, 0.1) is 17.5 Å². The predicted molar refractivity (Wildman–Crippen MR) is 104 cm³/mol. The summed E-state index contributed by atoms with van der Waals surface area (Å²) < 4.78 is 2.13. The fraction of sp³-hybridized carbons (Fsp3) is 0.429. The molecule has 3 N–H and O–H groups in total. The van der Waals surface area contributed by atoms with Gasteiger partial charge in [-0.25, -0.2) is 9.97 Å². The van der Waals surface area contributed by atoms with Gasteiger partial charge in [0.15, 0.2) is 0 Å². The van der Waals surface area contributed by atoms with Crippen LogP contribution in [0.25, 0.3) is 11.0 Å². The maximum atomic E-state index is 10.1. The van der Waals surface area contributed by atoms with Crippen LogP contribution in [0.15, 0.2) is 42.9 Å². The van der Waals surface area contributed by atoms with Crippen LogP contribution in [0.4, 0.5) is 5.82 Å². The van der Waals surface area contributed by atoms with E-state index in [0.717, 1.165) is 36.1 Å². The Kier molecular flexibility index (Phi) is 4.10. The molecule has 0 saturated heterocycles. The molecule has 140 valence electrons. The number of fused-ring (bicyclic) bond motifs is 2. The Hall–Kier alpha value is -2.44. The Labute approximate surface area is 157 Å². The Morgan fingerprint density at radius 2 is 2.04 bits per heavy atom. The van der Waals surface area contributed by atoms with Crippen molar-refractivity contribution in [1.29, 1.82) is 0 Å². The van der Waals surface area contributed by atoms with Gasteiger partial charge in [-0.3, -0.25) is 0 Å². The predicted octanol–water partition coefficient (Wildman–Crippen LogP) is 2.84. The second kappa shape index (κ2) is 6.62. The first-order chi connectivity index (χ1) is 13.2. The summed E-state index contributed by atoms with van der Waals surface area (Å²) in [6.45, 7) is 0.0275. The van der Waals surface area contributed by atoms with Crippen LogP contribution < -0.4 is 5.32 Å². The highest BCUT2D eigenvalue weighted by atomic mass is 16.3. The molecule has 0 amide bonds. The van der Waals surface area contributed by atoms with Crippen LogP contribution in [-0.2, 0) is 6.42 Å². The summed E-state index contributed by atoms with van der Waals surface area (Å²) in [6, 6.07) is 11.1. The molecule has 0 spiro atoms. The van der Waals surface area contributed by atoms with E-state index in [1.807, 2.05) is 6.20 Å². The standard InChI is InChI=1S/C21H24N4O2/c26-11-14-9-15(10-19(14)27)25-8-7-17-20(22-12-23-21(17)25)24-18-6-5-13-3-1-2-4-16(13)18/h1-4,7-8,12,14-15,18-19,26-27H,5-6,9-11H2,(H,22,23,24)/t14-,15-,18+,19?/m1/s1. The summed E-state index contributed by atoms with van der Waals surface area (Å²) in [4.78, 5) is 9.01. The molecule has 1 unspecified atom stereocenters. The third kappa shape index (κ3) is 2.80. The molecule has 6 heteroatoms. The summed E-state index contributed by atoms with van der Waals surface area (Å²) in [5.41, 5.74) is 3.65. The topological polar surface area (TPSA) is 83.2 Å². The number of hydrogen-bond acceptors (Lipinski definition) is 5.